The van der Waals surface area contributed by atoms with Crippen molar-refractivity contribution in [1.29, 1.82) is 0 Å². The van der Waals surface area contributed by atoms with E-state index in [1.165, 1.54) is 22.4 Å². The van der Waals surface area contributed by atoms with E-state index in [-0.39, 0.29) is 5.56 Å². The van der Waals surface area contributed by atoms with E-state index in [2.05, 4.69) is 32.9 Å². The van der Waals surface area contributed by atoms with Crippen LogP contribution in [0, 0.1) is 6.92 Å². The molecule has 0 fully saturated rings. The van der Waals surface area contributed by atoms with E-state index in [0.29, 0.717) is 5.92 Å². The predicted octanol–water partition coefficient (Wildman–Crippen LogP) is 5.70. The summed E-state index contributed by atoms with van der Waals surface area (Å²) in [6, 6.07) is 8.18. The van der Waals surface area contributed by atoms with Crippen LogP contribution >= 0.6 is 23.1 Å². The number of nitrogens with zero attached hydrogens (tertiary/aromatic N) is 2. The van der Waals surface area contributed by atoms with Crippen molar-refractivity contribution in [2.75, 3.05) is 5.75 Å². The molecule has 2 heterocycles. The second kappa shape index (κ2) is 7.20. The van der Waals surface area contributed by atoms with E-state index >= 15 is 0 Å². The predicted molar refractivity (Wildman–Crippen MR) is 112 cm³/mol. The third kappa shape index (κ3) is 3.01. The fraction of sp³-hybridized carbons (Fsp3) is 0.429. The average molecular weight is 385 g/mol. The summed E-state index contributed by atoms with van der Waals surface area (Å²) in [5.74, 6) is 1.41. The first kappa shape index (κ1) is 17.8. The lowest BCUT2D eigenvalue weighted by Gasteiger charge is -2.19. The van der Waals surface area contributed by atoms with Gasteiger partial charge in [-0.25, -0.2) is 4.98 Å². The maximum Gasteiger partial charge on any atom is 0.267 e. The Bertz CT molecular complexity index is 1000. The molecule has 5 heteroatoms. The number of hydrogen-bond donors (Lipinski definition) is 0. The van der Waals surface area contributed by atoms with Crippen molar-refractivity contribution in [1.82, 2.24) is 9.55 Å². The summed E-state index contributed by atoms with van der Waals surface area (Å²) in [7, 11) is 0. The SMILES string of the molecule is CCCSc1nc2sc3c(c2c(=O)n1-c1ccc(C)cc1)[C@@H](C)CCC3. The highest BCUT2D eigenvalue weighted by molar-refractivity contribution is 7.99. The van der Waals surface area contributed by atoms with Gasteiger partial charge in [0.25, 0.3) is 5.56 Å². The molecule has 1 aromatic carbocycles. The summed E-state index contributed by atoms with van der Waals surface area (Å²) < 4.78 is 1.83. The number of hydrogen-bond acceptors (Lipinski definition) is 4. The topological polar surface area (TPSA) is 34.9 Å². The van der Waals surface area contributed by atoms with Crippen molar-refractivity contribution < 1.29 is 0 Å². The Balaban J connectivity index is 2.00. The average Bonchev–Trinajstić information content (AvgIpc) is 3.01. The Morgan fingerprint density at radius 2 is 2.08 bits per heavy atom. The van der Waals surface area contributed by atoms with Crippen LogP contribution in [0.1, 0.15) is 55.0 Å². The van der Waals surface area contributed by atoms with Gasteiger partial charge in [0.05, 0.1) is 11.1 Å². The molecule has 0 bridgehead atoms. The minimum atomic E-state index is 0.101. The molecule has 0 spiro atoms. The molecule has 136 valence electrons. The molecular formula is C21H24N2OS2. The normalized spacial score (nSPS) is 16.8. The lowest BCUT2D eigenvalue weighted by Crippen LogP contribution is -2.22. The molecule has 2 aromatic heterocycles. The molecule has 1 aliphatic rings. The highest BCUT2D eigenvalue weighted by Gasteiger charge is 2.26. The molecular weight excluding hydrogens is 360 g/mol. The van der Waals surface area contributed by atoms with Gasteiger partial charge in [-0.15, -0.1) is 11.3 Å². The maximum absolute atomic E-state index is 13.6. The summed E-state index contributed by atoms with van der Waals surface area (Å²) in [5, 5.41) is 1.68. The monoisotopic (exact) mass is 384 g/mol. The van der Waals surface area contributed by atoms with Gasteiger partial charge in [0.15, 0.2) is 5.16 Å². The third-order valence-corrected chi connectivity index (χ3v) is 7.37. The first-order chi connectivity index (χ1) is 12.6. The summed E-state index contributed by atoms with van der Waals surface area (Å²) in [6.45, 7) is 6.47. The Kier molecular flexibility index (Phi) is 4.93. The highest BCUT2D eigenvalue weighted by Crippen LogP contribution is 2.40. The standard InChI is InChI=1S/C21H24N2OS2/c1-4-12-25-21-22-19-18(17-14(3)6-5-7-16(17)26-19)20(24)23(21)15-10-8-13(2)9-11-15/h8-11,14H,4-7,12H2,1-3H3/t14-/m0/s1. The molecule has 4 rings (SSSR count). The van der Waals surface area contributed by atoms with Crippen LogP contribution in [0.3, 0.4) is 0 Å². The van der Waals surface area contributed by atoms with E-state index in [9.17, 15) is 4.79 Å². The zero-order valence-electron chi connectivity index (χ0n) is 15.5. The molecule has 26 heavy (non-hydrogen) atoms. The van der Waals surface area contributed by atoms with Gasteiger partial charge in [-0.05, 0) is 56.2 Å². The largest absolute Gasteiger partial charge is 0.268 e. The number of thiophene rings is 1. The van der Waals surface area contributed by atoms with Gasteiger partial charge in [0, 0.05) is 10.6 Å². The lowest BCUT2D eigenvalue weighted by molar-refractivity contribution is 0.601. The number of aromatic nitrogens is 2. The third-order valence-electron chi connectivity index (χ3n) is 5.07. The first-order valence-corrected chi connectivity index (χ1v) is 11.2. The number of rotatable bonds is 4. The van der Waals surface area contributed by atoms with E-state index in [1.54, 1.807) is 23.1 Å². The molecule has 3 aromatic rings. The molecule has 1 atom stereocenters. The van der Waals surface area contributed by atoms with Crippen molar-refractivity contribution in [3.05, 3.63) is 50.6 Å². The summed E-state index contributed by atoms with van der Waals surface area (Å²) >= 11 is 3.41. The minimum absolute atomic E-state index is 0.101. The van der Waals surface area contributed by atoms with Crippen molar-refractivity contribution in [2.24, 2.45) is 0 Å². The van der Waals surface area contributed by atoms with Crippen LogP contribution in [0.4, 0.5) is 0 Å². The molecule has 0 unspecified atom stereocenters. The van der Waals surface area contributed by atoms with Crippen LogP contribution in [0.5, 0.6) is 0 Å². The van der Waals surface area contributed by atoms with Gasteiger partial charge in [-0.3, -0.25) is 9.36 Å². The molecule has 0 N–H and O–H groups in total. The van der Waals surface area contributed by atoms with Gasteiger partial charge in [-0.2, -0.15) is 0 Å². The van der Waals surface area contributed by atoms with Crippen LogP contribution < -0.4 is 5.56 Å². The smallest absolute Gasteiger partial charge is 0.267 e. The van der Waals surface area contributed by atoms with Crippen LogP contribution in [0.25, 0.3) is 15.9 Å². The zero-order chi connectivity index (χ0) is 18.3. The van der Waals surface area contributed by atoms with E-state index in [4.69, 9.17) is 4.98 Å². The van der Waals surface area contributed by atoms with Gasteiger partial charge in [0.2, 0.25) is 0 Å². The van der Waals surface area contributed by atoms with Gasteiger partial charge >= 0.3 is 0 Å². The summed E-state index contributed by atoms with van der Waals surface area (Å²) in [4.78, 5) is 20.8. The Labute approximate surface area is 162 Å². The molecule has 0 aliphatic heterocycles. The van der Waals surface area contributed by atoms with E-state index in [0.717, 1.165) is 46.1 Å². The van der Waals surface area contributed by atoms with Crippen molar-refractivity contribution in [2.45, 2.75) is 57.5 Å². The van der Waals surface area contributed by atoms with E-state index in [1.807, 2.05) is 16.7 Å². The quantitative estimate of drug-likeness (QED) is 0.428. The van der Waals surface area contributed by atoms with Gasteiger partial charge in [-0.1, -0.05) is 43.3 Å². The Hall–Kier alpha value is -1.59. The number of aryl methyl sites for hydroxylation is 2. The number of fused-ring (bicyclic) bond motifs is 3. The first-order valence-electron chi connectivity index (χ1n) is 9.38. The second-order valence-corrected chi connectivity index (χ2v) is 9.28. The fourth-order valence-electron chi connectivity index (χ4n) is 3.73. The van der Waals surface area contributed by atoms with Gasteiger partial charge < -0.3 is 0 Å². The highest BCUT2D eigenvalue weighted by atomic mass is 32.2. The lowest BCUT2D eigenvalue weighted by atomic mass is 9.88. The molecule has 3 nitrogen and oxygen atoms in total. The molecule has 0 radical (unpaired) electrons. The van der Waals surface area contributed by atoms with Crippen LogP contribution in [0.15, 0.2) is 34.2 Å². The molecule has 0 saturated heterocycles. The Morgan fingerprint density at radius 3 is 2.81 bits per heavy atom. The van der Waals surface area contributed by atoms with Gasteiger partial charge in [0.1, 0.15) is 4.83 Å². The Morgan fingerprint density at radius 1 is 1.31 bits per heavy atom. The number of thioether (sulfide) groups is 1. The molecule has 0 saturated carbocycles. The van der Waals surface area contributed by atoms with Crippen LogP contribution in [-0.2, 0) is 6.42 Å². The zero-order valence-corrected chi connectivity index (χ0v) is 17.2. The molecule has 0 amide bonds. The maximum atomic E-state index is 13.6. The summed E-state index contributed by atoms with van der Waals surface area (Å²) in [6.07, 6.45) is 4.52. The second-order valence-electron chi connectivity index (χ2n) is 7.13. The van der Waals surface area contributed by atoms with Crippen molar-refractivity contribution in [3.8, 4) is 5.69 Å². The minimum Gasteiger partial charge on any atom is -0.268 e. The number of benzene rings is 1. The summed E-state index contributed by atoms with van der Waals surface area (Å²) in [5.41, 5.74) is 3.47. The molecule has 1 aliphatic carbocycles. The van der Waals surface area contributed by atoms with Crippen LogP contribution in [-0.4, -0.2) is 15.3 Å². The van der Waals surface area contributed by atoms with E-state index < -0.39 is 0 Å². The van der Waals surface area contributed by atoms with Crippen molar-refractivity contribution >= 4 is 33.3 Å². The van der Waals surface area contributed by atoms with Crippen LogP contribution in [0.2, 0.25) is 0 Å². The fourth-order valence-corrected chi connectivity index (χ4v) is 5.97. The van der Waals surface area contributed by atoms with Crippen molar-refractivity contribution in [3.63, 3.8) is 0 Å².